The smallest absolute Gasteiger partial charge is 0.0447 e. The van der Waals surface area contributed by atoms with Crippen LogP contribution < -0.4 is 5.32 Å². The lowest BCUT2D eigenvalue weighted by atomic mass is 9.94. The highest BCUT2D eigenvalue weighted by Gasteiger charge is 2.27. The number of nitrogens with one attached hydrogen (secondary N) is 1. The summed E-state index contributed by atoms with van der Waals surface area (Å²) in [6, 6.07) is 11.0. The molecular formula is C19H32N2. The molecule has 1 aromatic rings. The first-order valence-electron chi connectivity index (χ1n) is 8.55. The third-order valence-electron chi connectivity index (χ3n) is 5.12. The summed E-state index contributed by atoms with van der Waals surface area (Å²) in [5.74, 6) is 0.606. The highest BCUT2D eigenvalue weighted by molar-refractivity contribution is 5.27. The van der Waals surface area contributed by atoms with Crippen LogP contribution in [0.5, 0.6) is 0 Å². The summed E-state index contributed by atoms with van der Waals surface area (Å²) in [6.07, 6.45) is 4.06. The van der Waals surface area contributed by atoms with Crippen LogP contribution in [0.1, 0.15) is 70.0 Å². The third-order valence-corrected chi connectivity index (χ3v) is 5.12. The van der Waals surface area contributed by atoms with Gasteiger partial charge in [-0.2, -0.15) is 0 Å². The molecule has 1 aliphatic rings. The summed E-state index contributed by atoms with van der Waals surface area (Å²) in [4.78, 5) is 2.68. The average Bonchev–Trinajstić information content (AvgIpc) is 2.47. The molecule has 1 unspecified atom stereocenters. The summed E-state index contributed by atoms with van der Waals surface area (Å²) in [5, 5.41) is 3.51. The molecule has 1 saturated heterocycles. The minimum Gasteiger partial charge on any atom is -0.312 e. The molecule has 0 spiro atoms. The first kappa shape index (κ1) is 16.5. The predicted octanol–water partition coefficient (Wildman–Crippen LogP) is 4.33. The maximum Gasteiger partial charge on any atom is 0.0447 e. The second kappa shape index (κ2) is 7.42. The number of hydrogen-bond donors (Lipinski definition) is 1. The van der Waals surface area contributed by atoms with Crippen molar-refractivity contribution in [2.75, 3.05) is 13.6 Å². The molecule has 0 saturated carbocycles. The van der Waals surface area contributed by atoms with Gasteiger partial charge in [-0.15, -0.1) is 0 Å². The zero-order valence-electron chi connectivity index (χ0n) is 14.4. The van der Waals surface area contributed by atoms with Gasteiger partial charge in [-0.05, 0) is 50.8 Å². The van der Waals surface area contributed by atoms with Gasteiger partial charge in [-0.3, -0.25) is 4.90 Å². The lowest BCUT2D eigenvalue weighted by molar-refractivity contribution is 0.0920. The fourth-order valence-corrected chi connectivity index (χ4v) is 3.52. The van der Waals surface area contributed by atoms with Gasteiger partial charge >= 0.3 is 0 Å². The van der Waals surface area contributed by atoms with E-state index in [4.69, 9.17) is 0 Å². The molecule has 0 aromatic heterocycles. The largest absolute Gasteiger partial charge is 0.312 e. The highest BCUT2D eigenvalue weighted by Crippen LogP contribution is 2.26. The van der Waals surface area contributed by atoms with E-state index < -0.39 is 0 Å². The molecule has 21 heavy (non-hydrogen) atoms. The van der Waals surface area contributed by atoms with Gasteiger partial charge in [-0.25, -0.2) is 0 Å². The third kappa shape index (κ3) is 4.08. The summed E-state index contributed by atoms with van der Waals surface area (Å²) in [5.41, 5.74) is 2.83. The Labute approximate surface area is 130 Å². The number of rotatable bonds is 5. The normalized spacial score (nSPS) is 25.2. The molecule has 1 N–H and O–H groups in total. The topological polar surface area (TPSA) is 15.3 Å². The van der Waals surface area contributed by atoms with E-state index in [1.165, 1.54) is 30.4 Å². The lowest BCUT2D eigenvalue weighted by Gasteiger charge is -2.41. The average molecular weight is 288 g/mol. The van der Waals surface area contributed by atoms with Crippen molar-refractivity contribution in [3.8, 4) is 0 Å². The predicted molar refractivity (Wildman–Crippen MR) is 91.8 cm³/mol. The van der Waals surface area contributed by atoms with Gasteiger partial charge in [0.05, 0.1) is 0 Å². The number of nitrogens with zero attached hydrogens (tertiary/aromatic N) is 1. The van der Waals surface area contributed by atoms with Crippen LogP contribution in [-0.2, 0) is 0 Å². The molecule has 1 aliphatic heterocycles. The maximum absolute atomic E-state index is 3.51. The highest BCUT2D eigenvalue weighted by atomic mass is 15.2. The van der Waals surface area contributed by atoms with Gasteiger partial charge in [0.2, 0.25) is 0 Å². The van der Waals surface area contributed by atoms with E-state index >= 15 is 0 Å². The van der Waals surface area contributed by atoms with Crippen LogP contribution in [0.25, 0.3) is 0 Å². The van der Waals surface area contributed by atoms with Crippen molar-refractivity contribution in [1.29, 1.82) is 0 Å². The molecule has 0 bridgehead atoms. The van der Waals surface area contributed by atoms with Crippen molar-refractivity contribution in [3.63, 3.8) is 0 Å². The molecule has 118 valence electrons. The molecule has 2 rings (SSSR count). The van der Waals surface area contributed by atoms with Gasteiger partial charge < -0.3 is 5.32 Å². The van der Waals surface area contributed by atoms with Gasteiger partial charge in [0, 0.05) is 24.7 Å². The Kier molecular flexibility index (Phi) is 5.83. The Morgan fingerprint density at radius 2 is 1.57 bits per heavy atom. The summed E-state index contributed by atoms with van der Waals surface area (Å²) in [7, 11) is 2.08. The van der Waals surface area contributed by atoms with Crippen LogP contribution >= 0.6 is 0 Å². The zero-order chi connectivity index (χ0) is 15.4. The number of likely N-dealkylation sites (tertiary alicyclic amines) is 1. The molecule has 0 amide bonds. The summed E-state index contributed by atoms with van der Waals surface area (Å²) < 4.78 is 0. The van der Waals surface area contributed by atoms with E-state index in [-0.39, 0.29) is 0 Å². The molecule has 3 atom stereocenters. The van der Waals surface area contributed by atoms with E-state index in [2.05, 4.69) is 69.2 Å². The van der Waals surface area contributed by atoms with E-state index in [9.17, 15) is 0 Å². The molecule has 0 radical (unpaired) electrons. The quantitative estimate of drug-likeness (QED) is 0.867. The van der Waals surface area contributed by atoms with Gasteiger partial charge in [-0.1, -0.05) is 44.5 Å². The summed E-state index contributed by atoms with van der Waals surface area (Å²) in [6.45, 7) is 10.4. The minimum atomic E-state index is 0.425. The molecular weight excluding hydrogens is 256 g/mol. The second-order valence-electron chi connectivity index (χ2n) is 6.99. The molecule has 1 fully saturated rings. The van der Waals surface area contributed by atoms with Crippen LogP contribution in [-0.4, -0.2) is 30.6 Å². The van der Waals surface area contributed by atoms with Crippen LogP contribution in [0.2, 0.25) is 0 Å². The number of piperidine rings is 1. The van der Waals surface area contributed by atoms with Crippen LogP contribution in [0.4, 0.5) is 0 Å². The fourth-order valence-electron chi connectivity index (χ4n) is 3.52. The first-order valence-corrected chi connectivity index (χ1v) is 8.55. The Hall–Kier alpha value is -0.860. The van der Waals surface area contributed by atoms with Crippen molar-refractivity contribution in [2.45, 2.75) is 71.0 Å². The SMILES string of the molecule is CNC(CN1[C@H](C)CCC[C@@H]1C)c1ccc(C(C)C)cc1. The van der Waals surface area contributed by atoms with Crippen LogP contribution in [0, 0.1) is 0 Å². The maximum atomic E-state index is 3.51. The molecule has 1 aromatic carbocycles. The molecule has 1 heterocycles. The van der Waals surface area contributed by atoms with Gasteiger partial charge in [0.25, 0.3) is 0 Å². The number of benzene rings is 1. The van der Waals surface area contributed by atoms with Crippen molar-refractivity contribution >= 4 is 0 Å². The summed E-state index contributed by atoms with van der Waals surface area (Å²) >= 11 is 0. The van der Waals surface area contributed by atoms with E-state index in [1.807, 2.05) is 0 Å². The first-order chi connectivity index (χ1) is 10.0. The standard InChI is InChI=1S/C19H32N2/c1-14(2)17-9-11-18(12-10-17)19(20-5)13-21-15(3)7-6-8-16(21)4/h9-12,14-16,19-20H,6-8,13H2,1-5H3/t15-,16+,19?. The van der Waals surface area contributed by atoms with Gasteiger partial charge in [0.1, 0.15) is 0 Å². The second-order valence-corrected chi connectivity index (χ2v) is 6.99. The van der Waals surface area contributed by atoms with E-state index in [0.29, 0.717) is 24.0 Å². The van der Waals surface area contributed by atoms with Crippen molar-refractivity contribution in [1.82, 2.24) is 10.2 Å². The van der Waals surface area contributed by atoms with Gasteiger partial charge in [0.15, 0.2) is 0 Å². The number of hydrogen-bond acceptors (Lipinski definition) is 2. The minimum absolute atomic E-state index is 0.425. The Balaban J connectivity index is 2.08. The molecule has 0 aliphatic carbocycles. The Morgan fingerprint density at radius 3 is 2.05 bits per heavy atom. The van der Waals surface area contributed by atoms with E-state index in [1.54, 1.807) is 0 Å². The van der Waals surface area contributed by atoms with Crippen LogP contribution in [0.3, 0.4) is 0 Å². The number of likely N-dealkylation sites (N-methyl/N-ethyl adjacent to an activating group) is 1. The Morgan fingerprint density at radius 1 is 1.05 bits per heavy atom. The van der Waals surface area contributed by atoms with Crippen molar-refractivity contribution < 1.29 is 0 Å². The zero-order valence-corrected chi connectivity index (χ0v) is 14.4. The monoisotopic (exact) mass is 288 g/mol. The Bertz CT molecular complexity index is 414. The van der Waals surface area contributed by atoms with Crippen LogP contribution in [0.15, 0.2) is 24.3 Å². The van der Waals surface area contributed by atoms with E-state index in [0.717, 1.165) is 6.54 Å². The lowest BCUT2D eigenvalue weighted by Crippen LogP contribution is -2.47. The molecule has 2 heteroatoms. The van der Waals surface area contributed by atoms with Crippen molar-refractivity contribution in [2.24, 2.45) is 0 Å². The fraction of sp³-hybridized carbons (Fsp3) is 0.684. The van der Waals surface area contributed by atoms with Crippen molar-refractivity contribution in [3.05, 3.63) is 35.4 Å². The molecule has 2 nitrogen and oxygen atoms in total.